The predicted octanol–water partition coefficient (Wildman–Crippen LogP) is 3.28. The summed E-state index contributed by atoms with van der Waals surface area (Å²) in [4.78, 5) is 3.66. The van der Waals surface area contributed by atoms with Gasteiger partial charge in [0.25, 0.3) is 0 Å². The van der Waals surface area contributed by atoms with Gasteiger partial charge in [-0.15, -0.1) is 0 Å². The van der Waals surface area contributed by atoms with Gasteiger partial charge in [-0.05, 0) is 32.4 Å². The van der Waals surface area contributed by atoms with Crippen molar-refractivity contribution in [2.75, 3.05) is 13.1 Å². The molecule has 0 saturated carbocycles. The minimum atomic E-state index is -4.56. The standard InChI is InChI=1S/C13H16F4N2/c1-12(14,9-3-2-5-18-7-9)11-8-19-6-4-10(11)13(15,16)17/h4,6,8-9,18H,2-3,5,7H2,1H3. The van der Waals surface area contributed by atoms with E-state index in [9.17, 15) is 17.6 Å². The molecule has 19 heavy (non-hydrogen) atoms. The van der Waals surface area contributed by atoms with Gasteiger partial charge in [0, 0.05) is 30.4 Å². The highest BCUT2D eigenvalue weighted by Crippen LogP contribution is 2.43. The van der Waals surface area contributed by atoms with Crippen LogP contribution in [-0.2, 0) is 11.8 Å². The highest BCUT2D eigenvalue weighted by Gasteiger charge is 2.44. The molecule has 1 aromatic rings. The molecule has 106 valence electrons. The molecule has 1 aliphatic heterocycles. The predicted molar refractivity (Wildman–Crippen MR) is 63.3 cm³/mol. The lowest BCUT2D eigenvalue weighted by atomic mass is 9.79. The number of hydrogen-bond donors (Lipinski definition) is 1. The van der Waals surface area contributed by atoms with Gasteiger partial charge < -0.3 is 5.32 Å². The Bertz CT molecular complexity index is 437. The molecular formula is C13H16F4N2. The van der Waals surface area contributed by atoms with E-state index in [1.165, 1.54) is 6.92 Å². The Hall–Kier alpha value is -1.17. The molecular weight excluding hydrogens is 260 g/mol. The number of nitrogens with zero attached hydrogens (tertiary/aromatic N) is 1. The summed E-state index contributed by atoms with van der Waals surface area (Å²) in [5, 5.41) is 3.03. The fraction of sp³-hybridized carbons (Fsp3) is 0.615. The summed E-state index contributed by atoms with van der Waals surface area (Å²) in [6.07, 6.45) is -1.18. The van der Waals surface area contributed by atoms with Crippen LogP contribution in [0.2, 0.25) is 0 Å². The SMILES string of the molecule is CC(F)(c1cnccc1C(F)(F)F)C1CCCNC1. The van der Waals surface area contributed by atoms with Crippen molar-refractivity contribution >= 4 is 0 Å². The van der Waals surface area contributed by atoms with Crippen LogP contribution < -0.4 is 5.32 Å². The van der Waals surface area contributed by atoms with E-state index in [2.05, 4.69) is 10.3 Å². The van der Waals surface area contributed by atoms with Gasteiger partial charge in [-0.2, -0.15) is 13.2 Å². The van der Waals surface area contributed by atoms with Gasteiger partial charge in [-0.3, -0.25) is 4.98 Å². The molecule has 1 aliphatic rings. The average Bonchev–Trinajstić information content (AvgIpc) is 2.39. The lowest BCUT2D eigenvalue weighted by molar-refractivity contribution is -0.140. The Morgan fingerprint density at radius 1 is 1.26 bits per heavy atom. The van der Waals surface area contributed by atoms with E-state index in [1.54, 1.807) is 0 Å². The van der Waals surface area contributed by atoms with Crippen LogP contribution in [-0.4, -0.2) is 18.1 Å². The molecule has 1 aromatic heterocycles. The molecule has 0 aromatic carbocycles. The summed E-state index contributed by atoms with van der Waals surface area (Å²) in [7, 11) is 0. The molecule has 2 atom stereocenters. The summed E-state index contributed by atoms with van der Waals surface area (Å²) in [5.41, 5.74) is -3.33. The first-order valence-corrected chi connectivity index (χ1v) is 6.25. The second kappa shape index (κ2) is 5.07. The minimum absolute atomic E-state index is 0.365. The van der Waals surface area contributed by atoms with E-state index in [0.29, 0.717) is 13.0 Å². The largest absolute Gasteiger partial charge is 0.416 e. The van der Waals surface area contributed by atoms with Gasteiger partial charge in [-0.1, -0.05) is 0 Å². The molecule has 0 bridgehead atoms. The molecule has 1 fully saturated rings. The Kier molecular flexibility index (Phi) is 3.80. The van der Waals surface area contributed by atoms with E-state index >= 15 is 0 Å². The molecule has 2 heterocycles. The van der Waals surface area contributed by atoms with Gasteiger partial charge >= 0.3 is 6.18 Å². The highest BCUT2D eigenvalue weighted by atomic mass is 19.4. The molecule has 1 N–H and O–H groups in total. The van der Waals surface area contributed by atoms with Gasteiger partial charge in [0.1, 0.15) is 5.67 Å². The zero-order valence-corrected chi connectivity index (χ0v) is 10.6. The van der Waals surface area contributed by atoms with Gasteiger partial charge in [-0.25, -0.2) is 4.39 Å². The van der Waals surface area contributed by atoms with Crippen LogP contribution in [0.4, 0.5) is 17.6 Å². The minimum Gasteiger partial charge on any atom is -0.316 e. The average molecular weight is 276 g/mol. The van der Waals surface area contributed by atoms with Crippen molar-refractivity contribution < 1.29 is 17.6 Å². The molecule has 0 aliphatic carbocycles. The van der Waals surface area contributed by atoms with Crippen molar-refractivity contribution in [1.29, 1.82) is 0 Å². The van der Waals surface area contributed by atoms with Crippen LogP contribution in [0.5, 0.6) is 0 Å². The van der Waals surface area contributed by atoms with Crippen molar-refractivity contribution in [3.8, 4) is 0 Å². The molecule has 1 saturated heterocycles. The number of halogens is 4. The first-order valence-electron chi connectivity index (χ1n) is 6.25. The lowest BCUT2D eigenvalue weighted by Gasteiger charge is -2.35. The van der Waals surface area contributed by atoms with Gasteiger partial charge in [0.15, 0.2) is 0 Å². The summed E-state index contributed by atoms with van der Waals surface area (Å²) in [6, 6.07) is 0.837. The molecule has 2 unspecified atom stereocenters. The quantitative estimate of drug-likeness (QED) is 0.838. The van der Waals surface area contributed by atoms with E-state index in [1.807, 2.05) is 0 Å². The number of nitrogens with one attached hydrogen (secondary N) is 1. The van der Waals surface area contributed by atoms with Crippen molar-refractivity contribution in [1.82, 2.24) is 10.3 Å². The molecule has 2 rings (SSSR count). The van der Waals surface area contributed by atoms with Crippen LogP contribution >= 0.6 is 0 Å². The van der Waals surface area contributed by atoms with Gasteiger partial charge in [0.2, 0.25) is 0 Å². The van der Waals surface area contributed by atoms with Crippen LogP contribution in [0.25, 0.3) is 0 Å². The Morgan fingerprint density at radius 2 is 2.00 bits per heavy atom. The monoisotopic (exact) mass is 276 g/mol. The maximum atomic E-state index is 14.9. The first kappa shape index (κ1) is 14.2. The number of hydrogen-bond acceptors (Lipinski definition) is 2. The number of rotatable bonds is 2. The summed E-state index contributed by atoms with van der Waals surface area (Å²) < 4.78 is 53.7. The number of aromatic nitrogens is 1. The van der Waals surface area contributed by atoms with Crippen molar-refractivity contribution in [2.45, 2.75) is 31.6 Å². The number of alkyl halides is 4. The second-order valence-electron chi connectivity index (χ2n) is 5.04. The topological polar surface area (TPSA) is 24.9 Å². The number of piperidine rings is 1. The van der Waals surface area contributed by atoms with Crippen molar-refractivity contribution in [3.63, 3.8) is 0 Å². The van der Waals surface area contributed by atoms with Crippen LogP contribution in [0.3, 0.4) is 0 Å². The molecule has 0 spiro atoms. The van der Waals surface area contributed by atoms with E-state index in [0.717, 1.165) is 31.4 Å². The lowest BCUT2D eigenvalue weighted by Crippen LogP contribution is -2.41. The Balaban J connectivity index is 2.39. The van der Waals surface area contributed by atoms with E-state index in [-0.39, 0.29) is 5.56 Å². The maximum absolute atomic E-state index is 14.9. The first-order chi connectivity index (χ1) is 8.83. The molecule has 6 heteroatoms. The third-order valence-corrected chi connectivity index (χ3v) is 3.72. The summed E-state index contributed by atoms with van der Waals surface area (Å²) >= 11 is 0. The fourth-order valence-electron chi connectivity index (χ4n) is 2.57. The highest BCUT2D eigenvalue weighted by molar-refractivity contribution is 5.32. The second-order valence-corrected chi connectivity index (χ2v) is 5.04. The third kappa shape index (κ3) is 2.88. The van der Waals surface area contributed by atoms with Crippen LogP contribution in [0, 0.1) is 5.92 Å². The molecule has 0 amide bonds. The van der Waals surface area contributed by atoms with Crippen molar-refractivity contribution in [2.24, 2.45) is 5.92 Å². The van der Waals surface area contributed by atoms with E-state index in [4.69, 9.17) is 0 Å². The molecule has 2 nitrogen and oxygen atoms in total. The van der Waals surface area contributed by atoms with Crippen LogP contribution in [0.15, 0.2) is 18.5 Å². The zero-order valence-electron chi connectivity index (χ0n) is 10.6. The summed E-state index contributed by atoms with van der Waals surface area (Å²) in [6.45, 7) is 2.39. The third-order valence-electron chi connectivity index (χ3n) is 3.72. The normalized spacial score (nSPS) is 23.9. The zero-order chi connectivity index (χ0) is 14.1. The van der Waals surface area contributed by atoms with E-state index < -0.39 is 23.3 Å². The Labute approximate surface area is 109 Å². The van der Waals surface area contributed by atoms with Gasteiger partial charge in [0.05, 0.1) is 5.56 Å². The Morgan fingerprint density at radius 3 is 2.58 bits per heavy atom. The fourth-order valence-corrected chi connectivity index (χ4v) is 2.57. The summed E-state index contributed by atoms with van der Waals surface area (Å²) in [5.74, 6) is -0.466. The maximum Gasteiger partial charge on any atom is 0.416 e. The molecule has 0 radical (unpaired) electrons. The van der Waals surface area contributed by atoms with Crippen LogP contribution in [0.1, 0.15) is 30.9 Å². The number of pyridine rings is 1. The smallest absolute Gasteiger partial charge is 0.316 e. The van der Waals surface area contributed by atoms with Crippen molar-refractivity contribution in [3.05, 3.63) is 29.6 Å².